The van der Waals surface area contributed by atoms with Gasteiger partial charge in [0.2, 0.25) is 0 Å². The summed E-state index contributed by atoms with van der Waals surface area (Å²) in [5.74, 6) is 0. The van der Waals surface area contributed by atoms with Crippen LogP contribution in [0.4, 0.5) is 0 Å². The van der Waals surface area contributed by atoms with Crippen LogP contribution in [0.5, 0.6) is 0 Å². The molecule has 0 aromatic carbocycles. The summed E-state index contributed by atoms with van der Waals surface area (Å²) < 4.78 is 1.66. The minimum Gasteiger partial charge on any atom is -0.330 e. The molecule has 0 aliphatic heterocycles. The van der Waals surface area contributed by atoms with Gasteiger partial charge in [0.05, 0.1) is 11.9 Å². The highest BCUT2D eigenvalue weighted by atomic mass is 16.1. The van der Waals surface area contributed by atoms with Crippen molar-refractivity contribution in [2.24, 2.45) is 5.73 Å². The first-order valence-electron chi connectivity index (χ1n) is 4.07. The maximum atomic E-state index is 11.0. The summed E-state index contributed by atoms with van der Waals surface area (Å²) in [6.07, 6.45) is 2.43. The molecule has 0 amide bonds. The highest BCUT2D eigenvalue weighted by molar-refractivity contribution is 5.37. The molecule has 3 N–H and O–H groups in total. The highest BCUT2D eigenvalue weighted by Crippen LogP contribution is 2.01. The lowest BCUT2D eigenvalue weighted by Gasteiger charge is -1.97. The van der Waals surface area contributed by atoms with Crippen molar-refractivity contribution >= 4 is 5.65 Å². The van der Waals surface area contributed by atoms with Gasteiger partial charge < -0.3 is 5.73 Å². The van der Waals surface area contributed by atoms with Crippen LogP contribution in [0, 0.1) is 0 Å². The Kier molecular flexibility index (Phi) is 1.86. The molecule has 0 spiro atoms. The molecule has 13 heavy (non-hydrogen) atoms. The quantitative estimate of drug-likeness (QED) is 0.652. The van der Waals surface area contributed by atoms with Crippen molar-refractivity contribution in [3.8, 4) is 0 Å². The number of fused-ring (bicyclic) bond motifs is 1. The molecule has 0 unspecified atom stereocenters. The Bertz CT molecular complexity index is 470. The topological polar surface area (TPSA) is 76.2 Å². The summed E-state index contributed by atoms with van der Waals surface area (Å²) in [7, 11) is 0. The average Bonchev–Trinajstić information content (AvgIpc) is 2.49. The molecule has 5 nitrogen and oxygen atoms in total. The van der Waals surface area contributed by atoms with Crippen molar-refractivity contribution in [3.63, 3.8) is 0 Å². The Hall–Kier alpha value is -1.62. The van der Waals surface area contributed by atoms with E-state index in [2.05, 4.69) is 10.1 Å². The summed E-state index contributed by atoms with van der Waals surface area (Å²) in [5.41, 5.74) is 6.95. The molecule has 2 rings (SSSR count). The summed E-state index contributed by atoms with van der Waals surface area (Å²) in [6.45, 7) is 0.546. The van der Waals surface area contributed by atoms with Gasteiger partial charge >= 0.3 is 0 Å². The second-order valence-electron chi connectivity index (χ2n) is 2.79. The molecule has 2 aromatic rings. The van der Waals surface area contributed by atoms with Crippen LogP contribution in [-0.4, -0.2) is 21.1 Å². The SMILES string of the molecule is NCCc1cnc2ccc(=O)[nH]n12. The Morgan fingerprint density at radius 3 is 3.15 bits per heavy atom. The van der Waals surface area contributed by atoms with Crippen molar-refractivity contribution in [3.05, 3.63) is 34.4 Å². The largest absolute Gasteiger partial charge is 0.330 e. The molecule has 2 aromatic heterocycles. The first-order valence-corrected chi connectivity index (χ1v) is 4.07. The Morgan fingerprint density at radius 2 is 2.38 bits per heavy atom. The van der Waals surface area contributed by atoms with Gasteiger partial charge in [0.25, 0.3) is 5.56 Å². The molecule has 5 heteroatoms. The fourth-order valence-electron chi connectivity index (χ4n) is 1.27. The van der Waals surface area contributed by atoms with Crippen LogP contribution in [0.2, 0.25) is 0 Å². The monoisotopic (exact) mass is 178 g/mol. The Labute approximate surface area is 74.2 Å². The van der Waals surface area contributed by atoms with Gasteiger partial charge in [-0.05, 0) is 12.6 Å². The lowest BCUT2D eigenvalue weighted by atomic mass is 10.3. The maximum Gasteiger partial charge on any atom is 0.262 e. The van der Waals surface area contributed by atoms with Gasteiger partial charge in [-0.2, -0.15) is 0 Å². The van der Waals surface area contributed by atoms with Crippen LogP contribution in [0.3, 0.4) is 0 Å². The van der Waals surface area contributed by atoms with Crippen LogP contribution in [0.1, 0.15) is 5.69 Å². The van der Waals surface area contributed by atoms with Gasteiger partial charge in [-0.15, -0.1) is 0 Å². The highest BCUT2D eigenvalue weighted by Gasteiger charge is 2.01. The molecular weight excluding hydrogens is 168 g/mol. The molecule has 2 heterocycles. The van der Waals surface area contributed by atoms with Gasteiger partial charge in [0.15, 0.2) is 5.65 Å². The van der Waals surface area contributed by atoms with Crippen molar-refractivity contribution in [1.29, 1.82) is 0 Å². The molecular formula is C8H10N4O. The van der Waals surface area contributed by atoms with E-state index < -0.39 is 0 Å². The normalized spacial score (nSPS) is 10.8. The molecule has 0 radical (unpaired) electrons. The molecule has 0 saturated heterocycles. The van der Waals surface area contributed by atoms with E-state index in [1.807, 2.05) is 0 Å². The standard InChI is InChI=1S/C8H10N4O/c9-4-3-6-5-10-7-1-2-8(13)11-12(6)7/h1-2,5H,3-4,9H2,(H,11,13). The molecule has 0 bridgehead atoms. The minimum atomic E-state index is -0.135. The molecule has 68 valence electrons. The van der Waals surface area contributed by atoms with Crippen molar-refractivity contribution in [1.82, 2.24) is 14.6 Å². The molecule has 0 fully saturated rings. The third kappa shape index (κ3) is 1.33. The van der Waals surface area contributed by atoms with E-state index in [9.17, 15) is 4.79 Å². The van der Waals surface area contributed by atoms with E-state index in [1.54, 1.807) is 16.8 Å². The molecule has 0 aliphatic carbocycles. The fraction of sp³-hybridized carbons (Fsp3) is 0.250. The fourth-order valence-corrected chi connectivity index (χ4v) is 1.27. The zero-order chi connectivity index (χ0) is 9.26. The van der Waals surface area contributed by atoms with Crippen LogP contribution in [-0.2, 0) is 6.42 Å². The number of aromatic amines is 1. The molecule has 0 aliphatic rings. The van der Waals surface area contributed by atoms with E-state index in [0.717, 1.165) is 11.3 Å². The predicted molar refractivity (Wildman–Crippen MR) is 48.6 cm³/mol. The number of imidazole rings is 1. The van der Waals surface area contributed by atoms with E-state index in [4.69, 9.17) is 5.73 Å². The van der Waals surface area contributed by atoms with E-state index in [0.29, 0.717) is 13.0 Å². The van der Waals surface area contributed by atoms with E-state index in [-0.39, 0.29) is 5.56 Å². The van der Waals surface area contributed by atoms with Crippen molar-refractivity contribution < 1.29 is 0 Å². The third-order valence-electron chi connectivity index (χ3n) is 1.87. The zero-order valence-corrected chi connectivity index (χ0v) is 7.03. The number of hydrogen-bond acceptors (Lipinski definition) is 3. The van der Waals surface area contributed by atoms with Crippen LogP contribution in [0.15, 0.2) is 23.1 Å². The number of nitrogens with two attached hydrogens (primary N) is 1. The number of rotatable bonds is 2. The summed E-state index contributed by atoms with van der Waals surface area (Å²) in [6, 6.07) is 3.13. The van der Waals surface area contributed by atoms with E-state index >= 15 is 0 Å². The second kappa shape index (κ2) is 3.02. The van der Waals surface area contributed by atoms with Gasteiger partial charge in [-0.25, -0.2) is 9.50 Å². The lowest BCUT2D eigenvalue weighted by molar-refractivity contribution is 0.812. The molecule has 0 atom stereocenters. The lowest BCUT2D eigenvalue weighted by Crippen LogP contribution is -2.12. The first kappa shape index (κ1) is 8.00. The number of hydrogen-bond donors (Lipinski definition) is 2. The van der Waals surface area contributed by atoms with Crippen LogP contribution < -0.4 is 11.3 Å². The van der Waals surface area contributed by atoms with E-state index in [1.165, 1.54) is 6.07 Å². The Morgan fingerprint density at radius 1 is 1.54 bits per heavy atom. The predicted octanol–water partition coefficient (Wildman–Crippen LogP) is -0.476. The zero-order valence-electron chi connectivity index (χ0n) is 7.03. The smallest absolute Gasteiger partial charge is 0.262 e. The van der Waals surface area contributed by atoms with Crippen LogP contribution >= 0.6 is 0 Å². The van der Waals surface area contributed by atoms with Gasteiger partial charge in [-0.1, -0.05) is 0 Å². The second-order valence-corrected chi connectivity index (χ2v) is 2.79. The molecule has 0 saturated carbocycles. The number of H-pyrrole nitrogens is 1. The van der Waals surface area contributed by atoms with Gasteiger partial charge in [0, 0.05) is 12.5 Å². The van der Waals surface area contributed by atoms with Crippen molar-refractivity contribution in [2.75, 3.05) is 6.54 Å². The van der Waals surface area contributed by atoms with Crippen LogP contribution in [0.25, 0.3) is 5.65 Å². The van der Waals surface area contributed by atoms with Crippen molar-refractivity contribution in [2.45, 2.75) is 6.42 Å². The van der Waals surface area contributed by atoms with Gasteiger partial charge in [-0.3, -0.25) is 9.89 Å². The van der Waals surface area contributed by atoms with Gasteiger partial charge in [0.1, 0.15) is 0 Å². The third-order valence-corrected chi connectivity index (χ3v) is 1.87. The summed E-state index contributed by atoms with van der Waals surface area (Å²) in [5, 5.41) is 2.67. The Balaban J connectivity index is 2.64. The first-order chi connectivity index (χ1) is 6.31. The summed E-state index contributed by atoms with van der Waals surface area (Å²) in [4.78, 5) is 15.1. The maximum absolute atomic E-state index is 11.0. The minimum absolute atomic E-state index is 0.135. The number of aromatic nitrogens is 3. The summed E-state index contributed by atoms with van der Waals surface area (Å²) >= 11 is 0. The average molecular weight is 178 g/mol. The number of nitrogens with one attached hydrogen (secondary N) is 1. The number of nitrogens with zero attached hydrogens (tertiary/aromatic N) is 2.